The van der Waals surface area contributed by atoms with Crippen molar-refractivity contribution in [3.63, 3.8) is 0 Å². The molecule has 0 aliphatic heterocycles. The van der Waals surface area contributed by atoms with Crippen LogP contribution in [0.2, 0.25) is 0 Å². The zero-order valence-electron chi connectivity index (χ0n) is 15.3. The summed E-state index contributed by atoms with van der Waals surface area (Å²) in [6, 6.07) is 16.9. The lowest BCUT2D eigenvalue weighted by Crippen LogP contribution is -2.46. The smallest absolute Gasteiger partial charge is 0.251 e. The maximum atomic E-state index is 12.5. The molecule has 0 saturated carbocycles. The number of nitrogens with zero attached hydrogens (tertiary/aromatic N) is 1. The van der Waals surface area contributed by atoms with Crippen LogP contribution in [-0.2, 0) is 4.79 Å². The summed E-state index contributed by atoms with van der Waals surface area (Å²) in [6.45, 7) is 4.08. The normalized spacial score (nSPS) is 11.9. The lowest BCUT2D eigenvalue weighted by atomic mass is 10.0. The number of benzene rings is 2. The molecule has 2 aromatic carbocycles. The van der Waals surface area contributed by atoms with Gasteiger partial charge in [0.15, 0.2) is 0 Å². The number of carbonyl (C=O) groups excluding carboxylic acids is 2. The predicted molar refractivity (Wildman–Crippen MR) is 101 cm³/mol. The molecule has 2 amide bonds. The van der Waals surface area contributed by atoms with Crippen molar-refractivity contribution in [2.24, 2.45) is 5.92 Å². The fraction of sp³-hybridized carbons (Fsp3) is 0.333. The minimum atomic E-state index is -0.503. The predicted octanol–water partition coefficient (Wildman–Crippen LogP) is 3.59. The average Bonchev–Trinajstić information content (AvgIpc) is 2.61. The molecule has 0 unspecified atom stereocenters. The van der Waals surface area contributed by atoms with E-state index >= 15 is 0 Å². The molecule has 2 aromatic rings. The Labute approximate surface area is 149 Å². The molecular weight excluding hydrogens is 312 g/mol. The van der Waals surface area contributed by atoms with Gasteiger partial charge in [-0.25, -0.2) is 0 Å². The van der Waals surface area contributed by atoms with Crippen LogP contribution in [0.5, 0.6) is 0 Å². The van der Waals surface area contributed by atoms with E-state index in [2.05, 4.69) is 5.32 Å². The molecule has 0 aliphatic carbocycles. The van der Waals surface area contributed by atoms with Crippen LogP contribution in [-0.4, -0.2) is 36.9 Å². The van der Waals surface area contributed by atoms with E-state index in [1.807, 2.05) is 56.3 Å². The average molecular weight is 338 g/mol. The van der Waals surface area contributed by atoms with Gasteiger partial charge in [-0.05, 0) is 35.6 Å². The first-order valence-corrected chi connectivity index (χ1v) is 8.56. The van der Waals surface area contributed by atoms with Gasteiger partial charge in [0.2, 0.25) is 5.91 Å². The minimum Gasteiger partial charge on any atom is -0.347 e. The van der Waals surface area contributed by atoms with Crippen LogP contribution in [0.1, 0.15) is 30.6 Å². The first-order chi connectivity index (χ1) is 11.9. The maximum Gasteiger partial charge on any atom is 0.251 e. The van der Waals surface area contributed by atoms with E-state index in [1.165, 1.54) is 4.90 Å². The van der Waals surface area contributed by atoms with Crippen molar-refractivity contribution in [1.82, 2.24) is 10.2 Å². The van der Waals surface area contributed by atoms with Gasteiger partial charge in [-0.1, -0.05) is 56.3 Å². The summed E-state index contributed by atoms with van der Waals surface area (Å²) in [7, 11) is 3.41. The molecule has 0 radical (unpaired) electrons. The van der Waals surface area contributed by atoms with Crippen LogP contribution in [0.15, 0.2) is 54.6 Å². The van der Waals surface area contributed by atoms with E-state index in [4.69, 9.17) is 0 Å². The van der Waals surface area contributed by atoms with Gasteiger partial charge in [-0.2, -0.15) is 0 Å². The molecule has 0 spiro atoms. The van der Waals surface area contributed by atoms with E-state index in [-0.39, 0.29) is 11.8 Å². The number of hydrogen-bond donors (Lipinski definition) is 1. The molecule has 0 bridgehead atoms. The topological polar surface area (TPSA) is 49.4 Å². The zero-order valence-corrected chi connectivity index (χ0v) is 15.3. The van der Waals surface area contributed by atoms with Gasteiger partial charge in [0.1, 0.15) is 6.04 Å². The van der Waals surface area contributed by atoms with Crippen molar-refractivity contribution in [3.05, 3.63) is 60.2 Å². The second kappa shape index (κ2) is 8.47. The molecule has 0 fully saturated rings. The summed E-state index contributed by atoms with van der Waals surface area (Å²) < 4.78 is 0. The van der Waals surface area contributed by atoms with E-state index < -0.39 is 6.04 Å². The number of rotatable bonds is 6. The third-order valence-electron chi connectivity index (χ3n) is 4.01. The monoisotopic (exact) mass is 338 g/mol. The summed E-state index contributed by atoms with van der Waals surface area (Å²) in [5, 5.41) is 2.87. The minimum absolute atomic E-state index is 0.0806. The summed E-state index contributed by atoms with van der Waals surface area (Å²) >= 11 is 0. The summed E-state index contributed by atoms with van der Waals surface area (Å²) in [4.78, 5) is 26.3. The number of carbonyl (C=O) groups is 2. The van der Waals surface area contributed by atoms with Gasteiger partial charge < -0.3 is 10.2 Å². The second-order valence-corrected chi connectivity index (χ2v) is 6.83. The Morgan fingerprint density at radius 3 is 2.00 bits per heavy atom. The Hall–Kier alpha value is -2.62. The quantitative estimate of drug-likeness (QED) is 0.875. The van der Waals surface area contributed by atoms with Crippen LogP contribution in [0.3, 0.4) is 0 Å². The van der Waals surface area contributed by atoms with Crippen LogP contribution < -0.4 is 5.32 Å². The Balaban J connectivity index is 2.12. The summed E-state index contributed by atoms with van der Waals surface area (Å²) in [6.07, 6.45) is 0.616. The third-order valence-corrected chi connectivity index (χ3v) is 4.01. The Bertz CT molecular complexity index is 706. The van der Waals surface area contributed by atoms with Gasteiger partial charge in [-0.3, -0.25) is 9.59 Å². The fourth-order valence-electron chi connectivity index (χ4n) is 2.69. The SMILES string of the molecule is CC(C)C[C@H](NC(=O)c1ccc(-c2ccccc2)cc1)C(=O)N(C)C. The fourth-order valence-corrected chi connectivity index (χ4v) is 2.69. The van der Waals surface area contributed by atoms with E-state index in [0.717, 1.165) is 11.1 Å². The second-order valence-electron chi connectivity index (χ2n) is 6.83. The number of amides is 2. The molecule has 1 atom stereocenters. The molecule has 2 rings (SSSR count). The molecule has 25 heavy (non-hydrogen) atoms. The highest BCUT2D eigenvalue weighted by molar-refractivity contribution is 5.97. The van der Waals surface area contributed by atoms with Crippen LogP contribution in [0, 0.1) is 5.92 Å². The Morgan fingerprint density at radius 2 is 1.48 bits per heavy atom. The van der Waals surface area contributed by atoms with Crippen molar-refractivity contribution in [3.8, 4) is 11.1 Å². The van der Waals surface area contributed by atoms with Crippen molar-refractivity contribution < 1.29 is 9.59 Å². The van der Waals surface area contributed by atoms with Crippen molar-refractivity contribution in [1.29, 1.82) is 0 Å². The number of likely N-dealkylation sites (N-methyl/N-ethyl adjacent to an activating group) is 1. The molecule has 0 aliphatic rings. The molecule has 0 heterocycles. The highest BCUT2D eigenvalue weighted by atomic mass is 16.2. The van der Waals surface area contributed by atoms with Gasteiger partial charge in [0.05, 0.1) is 0 Å². The molecule has 1 N–H and O–H groups in total. The Morgan fingerprint density at radius 1 is 0.920 bits per heavy atom. The zero-order chi connectivity index (χ0) is 18.4. The van der Waals surface area contributed by atoms with Crippen LogP contribution in [0.4, 0.5) is 0 Å². The standard InChI is InChI=1S/C21H26N2O2/c1-15(2)14-19(21(25)23(3)4)22-20(24)18-12-10-17(11-13-18)16-8-6-5-7-9-16/h5-13,15,19H,14H2,1-4H3,(H,22,24)/t19-/m0/s1. The summed E-state index contributed by atoms with van der Waals surface area (Å²) in [5.74, 6) is 0.0121. The lowest BCUT2D eigenvalue weighted by Gasteiger charge is -2.23. The summed E-state index contributed by atoms with van der Waals surface area (Å²) in [5.41, 5.74) is 2.72. The molecule has 132 valence electrons. The highest BCUT2D eigenvalue weighted by Crippen LogP contribution is 2.19. The van der Waals surface area contributed by atoms with Crippen molar-refractivity contribution in [2.45, 2.75) is 26.3 Å². The van der Waals surface area contributed by atoms with E-state index in [1.54, 1.807) is 26.2 Å². The number of nitrogens with one attached hydrogen (secondary N) is 1. The highest BCUT2D eigenvalue weighted by Gasteiger charge is 2.23. The van der Waals surface area contributed by atoms with E-state index in [0.29, 0.717) is 17.9 Å². The first-order valence-electron chi connectivity index (χ1n) is 8.56. The van der Waals surface area contributed by atoms with Gasteiger partial charge in [-0.15, -0.1) is 0 Å². The van der Waals surface area contributed by atoms with Gasteiger partial charge in [0, 0.05) is 19.7 Å². The third kappa shape index (κ3) is 5.18. The van der Waals surface area contributed by atoms with Crippen molar-refractivity contribution >= 4 is 11.8 Å². The Kier molecular flexibility index (Phi) is 6.34. The maximum absolute atomic E-state index is 12.5. The molecule has 4 heteroatoms. The van der Waals surface area contributed by atoms with Crippen LogP contribution >= 0.6 is 0 Å². The number of hydrogen-bond acceptors (Lipinski definition) is 2. The van der Waals surface area contributed by atoms with Crippen LogP contribution in [0.25, 0.3) is 11.1 Å². The van der Waals surface area contributed by atoms with Gasteiger partial charge in [0.25, 0.3) is 5.91 Å². The lowest BCUT2D eigenvalue weighted by molar-refractivity contribution is -0.131. The molecule has 0 saturated heterocycles. The van der Waals surface area contributed by atoms with Gasteiger partial charge >= 0.3 is 0 Å². The molecule has 4 nitrogen and oxygen atoms in total. The van der Waals surface area contributed by atoms with Crippen molar-refractivity contribution in [2.75, 3.05) is 14.1 Å². The van der Waals surface area contributed by atoms with E-state index in [9.17, 15) is 9.59 Å². The largest absolute Gasteiger partial charge is 0.347 e. The molecular formula is C21H26N2O2. The molecule has 0 aromatic heterocycles. The first kappa shape index (κ1) is 18.7.